The number of ether oxygens (including phenoxy) is 4. The van der Waals surface area contributed by atoms with Crippen molar-refractivity contribution in [1.29, 1.82) is 5.26 Å². The summed E-state index contributed by atoms with van der Waals surface area (Å²) < 4.78 is 23.5. The Balaban J connectivity index is 2.41. The van der Waals surface area contributed by atoms with Gasteiger partial charge in [-0.3, -0.25) is 4.79 Å². The number of nitriles is 1. The van der Waals surface area contributed by atoms with Gasteiger partial charge in [-0.05, 0) is 13.0 Å². The van der Waals surface area contributed by atoms with Crippen LogP contribution in [0.3, 0.4) is 0 Å². The molecule has 2 N–H and O–H groups in total. The Morgan fingerprint density at radius 2 is 1.86 bits per heavy atom. The zero-order valence-corrected chi connectivity index (χ0v) is 16.3. The Labute approximate surface area is 162 Å². The van der Waals surface area contributed by atoms with Crippen LogP contribution in [0.2, 0.25) is 0 Å². The second-order valence-corrected chi connectivity index (χ2v) is 6.28. The van der Waals surface area contributed by atoms with Crippen LogP contribution >= 0.6 is 0 Å². The third kappa shape index (κ3) is 2.72. The Hall–Kier alpha value is -3.60. The Morgan fingerprint density at radius 1 is 1.18 bits per heavy atom. The van der Waals surface area contributed by atoms with E-state index in [1.165, 1.54) is 25.9 Å². The predicted octanol–water partition coefficient (Wildman–Crippen LogP) is 1.94. The first-order valence-corrected chi connectivity index (χ1v) is 8.46. The van der Waals surface area contributed by atoms with Gasteiger partial charge < -0.3 is 29.2 Å². The van der Waals surface area contributed by atoms with Crippen LogP contribution in [0.5, 0.6) is 23.0 Å². The van der Waals surface area contributed by atoms with Crippen LogP contribution in [0.15, 0.2) is 34.4 Å². The van der Waals surface area contributed by atoms with Crippen molar-refractivity contribution in [1.82, 2.24) is 4.57 Å². The van der Waals surface area contributed by atoms with Gasteiger partial charge in [-0.25, -0.2) is 0 Å². The van der Waals surface area contributed by atoms with E-state index in [1.807, 2.05) is 0 Å². The van der Waals surface area contributed by atoms with E-state index in [0.29, 0.717) is 39.8 Å². The standard InChI is InChI=1S/C20H21N3O5/c1-10-8-14-16(20(24)23(10)2)15(12(9-21)19(22)28-14)11-6-7-13(25-3)18(27-5)17(11)26-4/h6-8,15H,22H2,1-5H3/t15-/m0/s1. The van der Waals surface area contributed by atoms with Crippen molar-refractivity contribution in [2.45, 2.75) is 12.8 Å². The van der Waals surface area contributed by atoms with Crippen LogP contribution in [-0.4, -0.2) is 25.9 Å². The number of fused-ring (bicyclic) bond motifs is 1. The molecule has 0 fully saturated rings. The monoisotopic (exact) mass is 383 g/mol. The number of aryl methyl sites for hydroxylation is 1. The summed E-state index contributed by atoms with van der Waals surface area (Å²) in [4.78, 5) is 13.1. The van der Waals surface area contributed by atoms with E-state index < -0.39 is 5.92 Å². The highest BCUT2D eigenvalue weighted by atomic mass is 16.5. The maximum absolute atomic E-state index is 13.1. The van der Waals surface area contributed by atoms with Crippen LogP contribution in [0, 0.1) is 18.3 Å². The van der Waals surface area contributed by atoms with Crippen LogP contribution in [0.1, 0.15) is 22.7 Å². The van der Waals surface area contributed by atoms with Gasteiger partial charge in [0.15, 0.2) is 11.5 Å². The summed E-state index contributed by atoms with van der Waals surface area (Å²) in [6.07, 6.45) is 0. The van der Waals surface area contributed by atoms with Crippen molar-refractivity contribution in [3.63, 3.8) is 0 Å². The molecule has 146 valence electrons. The topological polar surface area (TPSA) is 109 Å². The summed E-state index contributed by atoms with van der Waals surface area (Å²) in [6.45, 7) is 1.79. The lowest BCUT2D eigenvalue weighted by Crippen LogP contribution is -2.31. The van der Waals surface area contributed by atoms with E-state index in [2.05, 4.69) is 6.07 Å². The molecule has 0 saturated carbocycles. The van der Waals surface area contributed by atoms with E-state index in [0.717, 1.165) is 0 Å². The van der Waals surface area contributed by atoms with Gasteiger partial charge in [0, 0.05) is 24.4 Å². The van der Waals surface area contributed by atoms with Gasteiger partial charge in [0.2, 0.25) is 11.6 Å². The average molecular weight is 383 g/mol. The van der Waals surface area contributed by atoms with Crippen LogP contribution < -0.4 is 30.2 Å². The molecule has 3 rings (SSSR count). The largest absolute Gasteiger partial charge is 0.493 e. The van der Waals surface area contributed by atoms with E-state index in [-0.39, 0.29) is 17.0 Å². The Morgan fingerprint density at radius 3 is 2.43 bits per heavy atom. The van der Waals surface area contributed by atoms with E-state index in [9.17, 15) is 10.1 Å². The molecule has 2 heterocycles. The minimum atomic E-state index is -0.775. The molecule has 0 saturated heterocycles. The molecular formula is C20H21N3O5. The first kappa shape index (κ1) is 19.2. The highest BCUT2D eigenvalue weighted by Crippen LogP contribution is 2.48. The molecule has 0 bridgehead atoms. The van der Waals surface area contributed by atoms with Gasteiger partial charge in [-0.1, -0.05) is 6.07 Å². The molecule has 1 aromatic carbocycles. The SMILES string of the molecule is COc1ccc([C@H]2C(C#N)=C(N)Oc3cc(C)n(C)c(=O)c32)c(OC)c1OC. The zero-order valence-electron chi connectivity index (χ0n) is 16.3. The number of benzene rings is 1. The molecular weight excluding hydrogens is 362 g/mol. The number of aromatic nitrogens is 1. The van der Waals surface area contributed by atoms with E-state index in [1.54, 1.807) is 32.2 Å². The van der Waals surface area contributed by atoms with Gasteiger partial charge in [0.1, 0.15) is 17.4 Å². The zero-order chi connectivity index (χ0) is 20.6. The summed E-state index contributed by atoms with van der Waals surface area (Å²) in [5.74, 6) is 0.659. The van der Waals surface area contributed by atoms with Crippen molar-refractivity contribution >= 4 is 0 Å². The minimum absolute atomic E-state index is 0.0514. The molecule has 1 atom stereocenters. The number of allylic oxidation sites excluding steroid dienone is 1. The highest BCUT2D eigenvalue weighted by molar-refractivity contribution is 5.64. The number of nitrogens with two attached hydrogens (primary N) is 1. The number of rotatable bonds is 4. The first-order chi connectivity index (χ1) is 13.4. The summed E-state index contributed by atoms with van der Waals surface area (Å²) in [5.41, 5.74) is 7.42. The van der Waals surface area contributed by atoms with Gasteiger partial charge in [-0.2, -0.15) is 5.26 Å². The molecule has 1 aliphatic rings. The lowest BCUT2D eigenvalue weighted by molar-refractivity contribution is 0.321. The second kappa shape index (κ2) is 7.19. The maximum atomic E-state index is 13.1. The third-order valence-electron chi connectivity index (χ3n) is 4.90. The lowest BCUT2D eigenvalue weighted by Gasteiger charge is -2.28. The quantitative estimate of drug-likeness (QED) is 0.859. The van der Waals surface area contributed by atoms with Gasteiger partial charge in [0.25, 0.3) is 5.56 Å². The smallest absolute Gasteiger partial charge is 0.258 e. The van der Waals surface area contributed by atoms with Crippen molar-refractivity contribution in [3.8, 4) is 29.1 Å². The fraction of sp³-hybridized carbons (Fsp3) is 0.300. The number of pyridine rings is 1. The summed E-state index contributed by atoms with van der Waals surface area (Å²) in [7, 11) is 6.14. The van der Waals surface area contributed by atoms with Crippen LogP contribution in [0.25, 0.3) is 0 Å². The minimum Gasteiger partial charge on any atom is -0.493 e. The third-order valence-corrected chi connectivity index (χ3v) is 4.90. The fourth-order valence-corrected chi connectivity index (χ4v) is 3.40. The Bertz CT molecular complexity index is 1080. The maximum Gasteiger partial charge on any atom is 0.258 e. The van der Waals surface area contributed by atoms with E-state index >= 15 is 0 Å². The molecule has 0 aliphatic carbocycles. The number of hydrogen-bond donors (Lipinski definition) is 1. The summed E-state index contributed by atoms with van der Waals surface area (Å²) in [5, 5.41) is 9.75. The molecule has 8 heteroatoms. The molecule has 0 radical (unpaired) electrons. The van der Waals surface area contributed by atoms with Gasteiger partial charge in [-0.15, -0.1) is 0 Å². The van der Waals surface area contributed by atoms with Crippen molar-refractivity contribution in [2.75, 3.05) is 21.3 Å². The number of nitrogens with zero attached hydrogens (tertiary/aromatic N) is 2. The first-order valence-electron chi connectivity index (χ1n) is 8.46. The van der Waals surface area contributed by atoms with Gasteiger partial charge in [0.05, 0.1) is 32.8 Å². The molecule has 0 amide bonds. The van der Waals surface area contributed by atoms with Crippen LogP contribution in [0.4, 0.5) is 0 Å². The molecule has 1 aliphatic heterocycles. The molecule has 0 unspecified atom stereocenters. The number of methoxy groups -OCH3 is 3. The van der Waals surface area contributed by atoms with Crippen LogP contribution in [-0.2, 0) is 7.05 Å². The van der Waals surface area contributed by atoms with Crippen molar-refractivity contribution < 1.29 is 18.9 Å². The number of hydrogen-bond acceptors (Lipinski definition) is 7. The molecule has 1 aromatic heterocycles. The Kier molecular flexibility index (Phi) is 4.92. The highest BCUT2D eigenvalue weighted by Gasteiger charge is 2.37. The molecule has 0 spiro atoms. The molecule has 8 nitrogen and oxygen atoms in total. The summed E-state index contributed by atoms with van der Waals surface area (Å²) in [6, 6.07) is 7.21. The van der Waals surface area contributed by atoms with Crippen molar-refractivity contribution in [2.24, 2.45) is 12.8 Å². The predicted molar refractivity (Wildman–Crippen MR) is 102 cm³/mol. The average Bonchev–Trinajstić information content (AvgIpc) is 2.69. The van der Waals surface area contributed by atoms with Gasteiger partial charge >= 0.3 is 0 Å². The lowest BCUT2D eigenvalue weighted by atomic mass is 9.83. The molecule has 2 aromatic rings. The van der Waals surface area contributed by atoms with E-state index in [4.69, 9.17) is 24.7 Å². The fourth-order valence-electron chi connectivity index (χ4n) is 3.40. The van der Waals surface area contributed by atoms with Crippen molar-refractivity contribution in [3.05, 3.63) is 56.8 Å². The second-order valence-electron chi connectivity index (χ2n) is 6.28. The molecule has 28 heavy (non-hydrogen) atoms. The normalized spacial score (nSPS) is 15.4. The summed E-state index contributed by atoms with van der Waals surface area (Å²) >= 11 is 0.